The molecule has 0 unspecified atom stereocenters. The number of hydrogen-bond acceptors (Lipinski definition) is 5. The lowest BCUT2D eigenvalue weighted by molar-refractivity contribution is -0.0688. The predicted molar refractivity (Wildman–Crippen MR) is 121 cm³/mol. The first-order chi connectivity index (χ1) is 15.0. The van der Waals surface area contributed by atoms with E-state index in [-0.39, 0.29) is 40.2 Å². The van der Waals surface area contributed by atoms with Gasteiger partial charge in [0.1, 0.15) is 0 Å². The number of sulfonamides is 1. The zero-order valence-electron chi connectivity index (χ0n) is 18.4. The summed E-state index contributed by atoms with van der Waals surface area (Å²) in [6, 6.07) is 5.38. The highest BCUT2D eigenvalue weighted by molar-refractivity contribution is 7.92. The van der Waals surface area contributed by atoms with E-state index in [0.717, 1.165) is 17.8 Å². The molecule has 1 saturated heterocycles. The summed E-state index contributed by atoms with van der Waals surface area (Å²) in [6.07, 6.45) is 7.98. The third-order valence-electron chi connectivity index (χ3n) is 8.33. The first kappa shape index (κ1) is 22.3. The largest absolute Gasteiger partial charge is 0.349 e. The van der Waals surface area contributed by atoms with Crippen LogP contribution in [0.1, 0.15) is 62.2 Å². The third-order valence-corrected chi connectivity index (χ3v) is 11.6. The lowest BCUT2D eigenvalue weighted by Gasteiger charge is -2.59. The summed E-state index contributed by atoms with van der Waals surface area (Å²) in [5, 5.41) is 3.21. The summed E-state index contributed by atoms with van der Waals surface area (Å²) < 4.78 is 50.9. The summed E-state index contributed by atoms with van der Waals surface area (Å²) in [6.45, 7) is 2.13. The van der Waals surface area contributed by atoms with E-state index in [1.807, 2.05) is 0 Å². The van der Waals surface area contributed by atoms with Gasteiger partial charge in [0.2, 0.25) is 10.0 Å². The normalized spacial score (nSPS) is 36.2. The molecule has 2 atom stereocenters. The first-order valence-corrected chi connectivity index (χ1v) is 15.0. The van der Waals surface area contributed by atoms with Crippen molar-refractivity contribution in [2.45, 2.75) is 68.8 Å². The quantitative estimate of drug-likeness (QED) is 0.650. The number of hydrogen-bond donors (Lipinski definition) is 2. The fourth-order valence-corrected chi connectivity index (χ4v) is 10.2. The Morgan fingerprint density at radius 2 is 1.59 bits per heavy atom. The molecular weight excluding hydrogens is 448 g/mol. The predicted octanol–water partition coefficient (Wildman–Crippen LogP) is 2.49. The lowest BCUT2D eigenvalue weighted by Crippen LogP contribution is -2.55. The molecule has 4 aliphatic carbocycles. The molecule has 5 aliphatic rings. The van der Waals surface area contributed by atoms with E-state index in [1.54, 1.807) is 0 Å². The average molecular weight is 481 g/mol. The Labute approximate surface area is 190 Å². The Kier molecular flexibility index (Phi) is 5.45. The van der Waals surface area contributed by atoms with Gasteiger partial charge in [0.25, 0.3) is 5.91 Å². The molecule has 1 heterocycles. The Morgan fingerprint density at radius 1 is 1.03 bits per heavy atom. The first-order valence-electron chi connectivity index (χ1n) is 11.7. The van der Waals surface area contributed by atoms with Crippen molar-refractivity contribution in [3.63, 3.8) is 0 Å². The molecule has 9 heteroatoms. The fraction of sp³-hybridized carbons (Fsp3) is 0.696. The zero-order valence-corrected chi connectivity index (χ0v) is 20.1. The van der Waals surface area contributed by atoms with Crippen molar-refractivity contribution < 1.29 is 21.6 Å². The van der Waals surface area contributed by atoms with Gasteiger partial charge in [0.15, 0.2) is 9.84 Å². The van der Waals surface area contributed by atoms with Crippen LogP contribution in [-0.2, 0) is 19.9 Å². The number of sulfone groups is 1. The number of benzene rings is 1. The van der Waals surface area contributed by atoms with Gasteiger partial charge in [-0.15, -0.1) is 0 Å². The topological polar surface area (TPSA) is 109 Å². The molecule has 7 nitrogen and oxygen atoms in total. The van der Waals surface area contributed by atoms with Crippen LogP contribution < -0.4 is 10.0 Å². The Morgan fingerprint density at radius 3 is 2.09 bits per heavy atom. The van der Waals surface area contributed by atoms with Crippen LogP contribution in [0.2, 0.25) is 0 Å². The molecule has 0 radical (unpaired) electrons. The summed E-state index contributed by atoms with van der Waals surface area (Å²) in [5.74, 6) is 2.09. The van der Waals surface area contributed by atoms with E-state index in [2.05, 4.69) is 17.0 Å². The average Bonchev–Trinajstić information content (AvgIpc) is 3.04. The molecule has 1 aromatic carbocycles. The van der Waals surface area contributed by atoms with Crippen LogP contribution in [0.5, 0.6) is 0 Å². The van der Waals surface area contributed by atoms with Gasteiger partial charge < -0.3 is 5.32 Å². The third kappa shape index (κ3) is 4.23. The van der Waals surface area contributed by atoms with Crippen LogP contribution in [0, 0.1) is 23.2 Å². The van der Waals surface area contributed by atoms with Crippen molar-refractivity contribution in [3.8, 4) is 0 Å². The van der Waals surface area contributed by atoms with Crippen molar-refractivity contribution >= 4 is 25.8 Å². The van der Waals surface area contributed by atoms with Crippen molar-refractivity contribution in [1.82, 2.24) is 10.0 Å². The number of rotatable bonds is 6. The van der Waals surface area contributed by atoms with E-state index in [1.165, 1.54) is 62.8 Å². The van der Waals surface area contributed by atoms with Gasteiger partial charge in [-0.1, -0.05) is 0 Å². The molecule has 1 aliphatic heterocycles. The zero-order chi connectivity index (χ0) is 22.7. The van der Waals surface area contributed by atoms with Gasteiger partial charge in [-0.25, -0.2) is 21.6 Å². The van der Waals surface area contributed by atoms with Crippen LogP contribution in [0.3, 0.4) is 0 Å². The molecule has 5 fully saturated rings. The minimum atomic E-state index is -3.84. The van der Waals surface area contributed by atoms with Gasteiger partial charge in [-0.2, -0.15) is 0 Å². The molecule has 6 rings (SSSR count). The fourth-order valence-electron chi connectivity index (χ4n) is 7.10. The standard InChI is InChI=1S/C23H32N2O5S2/c1-15(23-11-16-8-17(12-23)10-18(9-16)13-23)24-22(26)19-2-4-21(5-3-19)32(29,30)25-20-6-7-31(27,28)14-20/h2-5,15-18,20,25H,6-14H2,1H3,(H,24,26)/t15-,16?,17?,18?,20+,23?/m1/s1. The molecule has 1 aromatic rings. The van der Waals surface area contributed by atoms with E-state index < -0.39 is 25.9 Å². The highest BCUT2D eigenvalue weighted by atomic mass is 32.2. The highest BCUT2D eigenvalue weighted by Crippen LogP contribution is 2.61. The second kappa shape index (κ2) is 7.81. The molecule has 176 valence electrons. The van der Waals surface area contributed by atoms with Crippen LogP contribution in [0.15, 0.2) is 29.2 Å². The molecular formula is C23H32N2O5S2. The maximum absolute atomic E-state index is 12.9. The number of amides is 1. The monoisotopic (exact) mass is 480 g/mol. The summed E-state index contributed by atoms with van der Waals surface area (Å²) in [5.41, 5.74) is 0.642. The van der Waals surface area contributed by atoms with Crippen molar-refractivity contribution in [2.24, 2.45) is 23.2 Å². The van der Waals surface area contributed by atoms with E-state index in [0.29, 0.717) is 5.56 Å². The Balaban J connectivity index is 1.24. The van der Waals surface area contributed by atoms with Gasteiger partial charge in [-0.3, -0.25) is 4.79 Å². The van der Waals surface area contributed by atoms with Crippen LogP contribution in [-0.4, -0.2) is 46.3 Å². The van der Waals surface area contributed by atoms with Crippen LogP contribution in [0.25, 0.3) is 0 Å². The van der Waals surface area contributed by atoms with Crippen molar-refractivity contribution in [2.75, 3.05) is 11.5 Å². The molecule has 4 saturated carbocycles. The van der Waals surface area contributed by atoms with Crippen LogP contribution in [0.4, 0.5) is 0 Å². The minimum absolute atomic E-state index is 0.00120. The molecule has 32 heavy (non-hydrogen) atoms. The summed E-state index contributed by atoms with van der Waals surface area (Å²) in [4.78, 5) is 13.0. The molecule has 2 N–H and O–H groups in total. The number of nitrogens with one attached hydrogen (secondary N) is 2. The van der Waals surface area contributed by atoms with E-state index in [4.69, 9.17) is 0 Å². The number of carbonyl (C=O) groups excluding carboxylic acids is 1. The lowest BCUT2D eigenvalue weighted by atomic mass is 9.48. The van der Waals surface area contributed by atoms with Gasteiger partial charge >= 0.3 is 0 Å². The second-order valence-electron chi connectivity index (χ2n) is 10.7. The maximum Gasteiger partial charge on any atom is 0.251 e. The molecule has 4 bridgehead atoms. The maximum atomic E-state index is 12.9. The smallest absolute Gasteiger partial charge is 0.251 e. The van der Waals surface area contributed by atoms with Crippen LogP contribution >= 0.6 is 0 Å². The molecule has 1 amide bonds. The van der Waals surface area contributed by atoms with Gasteiger partial charge in [0.05, 0.1) is 16.4 Å². The second-order valence-corrected chi connectivity index (χ2v) is 14.7. The van der Waals surface area contributed by atoms with E-state index in [9.17, 15) is 21.6 Å². The highest BCUT2D eigenvalue weighted by Gasteiger charge is 2.53. The molecule has 0 spiro atoms. The summed E-state index contributed by atoms with van der Waals surface area (Å²) >= 11 is 0. The Bertz CT molecular complexity index is 1080. The minimum Gasteiger partial charge on any atom is -0.349 e. The summed E-state index contributed by atoms with van der Waals surface area (Å²) in [7, 11) is -7.01. The molecule has 0 aromatic heterocycles. The van der Waals surface area contributed by atoms with Gasteiger partial charge in [0, 0.05) is 17.6 Å². The van der Waals surface area contributed by atoms with Crippen molar-refractivity contribution in [1.29, 1.82) is 0 Å². The number of carbonyl (C=O) groups is 1. The van der Waals surface area contributed by atoms with Crippen molar-refractivity contribution in [3.05, 3.63) is 29.8 Å². The SMILES string of the molecule is C[C@@H](NC(=O)c1ccc(S(=O)(=O)N[C@H]2CCS(=O)(=O)C2)cc1)C12CC3CC(CC(C3)C1)C2. The van der Waals surface area contributed by atoms with Gasteiger partial charge in [-0.05, 0) is 99.3 Å². The van der Waals surface area contributed by atoms with E-state index >= 15 is 0 Å². The Hall–Kier alpha value is -1.45.